The van der Waals surface area contributed by atoms with E-state index in [0.717, 1.165) is 23.3 Å². The minimum absolute atomic E-state index is 0.126. The fourth-order valence-corrected chi connectivity index (χ4v) is 2.61. The highest BCUT2D eigenvalue weighted by molar-refractivity contribution is 5.95. The van der Waals surface area contributed by atoms with Gasteiger partial charge in [0.15, 0.2) is 6.17 Å². The van der Waals surface area contributed by atoms with Crippen LogP contribution >= 0.6 is 0 Å². The molecular weight excluding hydrogens is 285 g/mol. The molecule has 1 aromatic carbocycles. The fourth-order valence-electron chi connectivity index (χ4n) is 2.61. The standard InChI is InChI=1S/C17H22FNO3/c1-2-3-5-10-15(18)16(20)19-14(12-22-17(19)21)11-13-8-6-4-7-9-13/h4,6-9,14-15H,2-3,5,10-12H2,1H3/t14-,15?/m0/s1. The molecule has 0 spiro atoms. The molecule has 1 aliphatic rings. The molecule has 1 aromatic rings. The van der Waals surface area contributed by atoms with Crippen LogP contribution < -0.4 is 0 Å². The van der Waals surface area contributed by atoms with E-state index < -0.39 is 24.2 Å². The molecule has 5 heteroatoms. The number of unbranched alkanes of at least 4 members (excludes halogenated alkanes) is 2. The summed E-state index contributed by atoms with van der Waals surface area (Å²) in [5, 5.41) is 0. The van der Waals surface area contributed by atoms with E-state index in [4.69, 9.17) is 4.74 Å². The number of rotatable bonds is 7. The zero-order chi connectivity index (χ0) is 15.9. The topological polar surface area (TPSA) is 46.6 Å². The lowest BCUT2D eigenvalue weighted by Gasteiger charge is -2.21. The SMILES string of the molecule is CCCCCC(F)C(=O)N1C(=O)OC[C@@H]1Cc1ccccc1. The van der Waals surface area contributed by atoms with Gasteiger partial charge < -0.3 is 4.74 Å². The van der Waals surface area contributed by atoms with Crippen molar-refractivity contribution in [1.82, 2.24) is 4.90 Å². The molecule has 0 N–H and O–H groups in total. The highest BCUT2D eigenvalue weighted by Crippen LogP contribution is 2.20. The largest absolute Gasteiger partial charge is 0.447 e. The number of nitrogens with zero attached hydrogens (tertiary/aromatic N) is 1. The third-order valence-electron chi connectivity index (χ3n) is 3.84. The number of carbonyl (C=O) groups is 2. The minimum Gasteiger partial charge on any atom is -0.447 e. The average molecular weight is 307 g/mol. The molecule has 0 bridgehead atoms. The highest BCUT2D eigenvalue weighted by Gasteiger charge is 2.40. The number of ether oxygens (including phenoxy) is 1. The number of carbonyl (C=O) groups excluding carboxylic acids is 2. The minimum atomic E-state index is -1.63. The van der Waals surface area contributed by atoms with E-state index in [2.05, 4.69) is 0 Å². The molecule has 0 aromatic heterocycles. The predicted molar refractivity (Wildman–Crippen MR) is 81.2 cm³/mol. The first-order chi connectivity index (χ1) is 10.6. The number of imide groups is 1. The first kappa shape index (κ1) is 16.5. The molecule has 0 saturated carbocycles. The number of halogens is 1. The Morgan fingerprint density at radius 3 is 2.77 bits per heavy atom. The van der Waals surface area contributed by atoms with Crippen LogP contribution in [-0.4, -0.2) is 35.7 Å². The summed E-state index contributed by atoms with van der Waals surface area (Å²) in [6.45, 7) is 2.14. The molecule has 22 heavy (non-hydrogen) atoms. The Morgan fingerprint density at radius 1 is 1.36 bits per heavy atom. The van der Waals surface area contributed by atoms with Crippen LogP contribution in [0.25, 0.3) is 0 Å². The molecule has 0 radical (unpaired) electrons. The van der Waals surface area contributed by atoms with E-state index in [0.29, 0.717) is 12.8 Å². The van der Waals surface area contributed by atoms with Crippen molar-refractivity contribution in [3.8, 4) is 0 Å². The van der Waals surface area contributed by atoms with Crippen LogP contribution in [0.15, 0.2) is 30.3 Å². The van der Waals surface area contributed by atoms with Crippen LogP contribution in [-0.2, 0) is 16.0 Å². The summed E-state index contributed by atoms with van der Waals surface area (Å²) in [5.74, 6) is -0.764. The lowest BCUT2D eigenvalue weighted by molar-refractivity contribution is -0.134. The summed E-state index contributed by atoms with van der Waals surface area (Å²) >= 11 is 0. The first-order valence-corrected chi connectivity index (χ1v) is 7.81. The van der Waals surface area contributed by atoms with Crippen molar-refractivity contribution in [3.63, 3.8) is 0 Å². The van der Waals surface area contributed by atoms with Gasteiger partial charge in [0.25, 0.3) is 5.91 Å². The van der Waals surface area contributed by atoms with Crippen LogP contribution in [0.1, 0.15) is 38.2 Å². The van der Waals surface area contributed by atoms with Gasteiger partial charge in [-0.05, 0) is 18.4 Å². The van der Waals surface area contributed by atoms with Gasteiger partial charge in [-0.15, -0.1) is 0 Å². The van der Waals surface area contributed by atoms with Gasteiger partial charge in [0.05, 0.1) is 6.04 Å². The molecule has 1 fully saturated rings. The van der Waals surface area contributed by atoms with Crippen molar-refractivity contribution in [3.05, 3.63) is 35.9 Å². The zero-order valence-electron chi connectivity index (χ0n) is 12.8. The maximum Gasteiger partial charge on any atom is 0.417 e. The molecule has 2 amide bonds. The van der Waals surface area contributed by atoms with E-state index in [1.165, 1.54) is 0 Å². The first-order valence-electron chi connectivity index (χ1n) is 7.81. The summed E-state index contributed by atoms with van der Waals surface area (Å²) < 4.78 is 19.0. The Kier molecular flexibility index (Phi) is 5.92. The average Bonchev–Trinajstić information content (AvgIpc) is 2.88. The molecule has 4 nitrogen and oxygen atoms in total. The van der Waals surface area contributed by atoms with Crippen LogP contribution in [0.2, 0.25) is 0 Å². The number of cyclic esters (lactones) is 1. The maximum absolute atomic E-state index is 14.1. The Morgan fingerprint density at radius 2 is 2.09 bits per heavy atom. The molecule has 0 aliphatic carbocycles. The smallest absolute Gasteiger partial charge is 0.417 e. The van der Waals surface area contributed by atoms with Crippen molar-refractivity contribution < 1.29 is 18.7 Å². The number of amides is 2. The van der Waals surface area contributed by atoms with Crippen LogP contribution in [0.4, 0.5) is 9.18 Å². The Bertz CT molecular complexity index is 506. The molecule has 1 heterocycles. The maximum atomic E-state index is 14.1. The van der Waals surface area contributed by atoms with E-state index in [9.17, 15) is 14.0 Å². The van der Waals surface area contributed by atoms with Crippen molar-refractivity contribution in [2.24, 2.45) is 0 Å². The van der Waals surface area contributed by atoms with Crippen LogP contribution in [0, 0.1) is 0 Å². The van der Waals surface area contributed by atoms with Gasteiger partial charge in [-0.2, -0.15) is 0 Å². The molecule has 120 valence electrons. The normalized spacial score (nSPS) is 19.1. The quantitative estimate of drug-likeness (QED) is 0.724. The zero-order valence-corrected chi connectivity index (χ0v) is 12.8. The van der Waals surface area contributed by atoms with E-state index in [1.54, 1.807) is 0 Å². The van der Waals surface area contributed by atoms with E-state index >= 15 is 0 Å². The number of hydrogen-bond acceptors (Lipinski definition) is 3. The van der Waals surface area contributed by atoms with Gasteiger partial charge >= 0.3 is 6.09 Å². The predicted octanol–water partition coefficient (Wildman–Crippen LogP) is 3.49. The van der Waals surface area contributed by atoms with Crippen LogP contribution in [0.3, 0.4) is 0 Å². The molecular formula is C17H22FNO3. The van der Waals surface area contributed by atoms with Gasteiger partial charge in [-0.25, -0.2) is 14.1 Å². The third kappa shape index (κ3) is 4.06. The molecule has 2 rings (SSSR count). The Balaban J connectivity index is 1.99. The number of alkyl halides is 1. The molecule has 1 saturated heterocycles. The summed E-state index contributed by atoms with van der Waals surface area (Å²) in [6, 6.07) is 9.09. The van der Waals surface area contributed by atoms with Gasteiger partial charge in [0.2, 0.25) is 0 Å². The van der Waals surface area contributed by atoms with E-state index in [1.807, 2.05) is 37.3 Å². The summed E-state index contributed by atoms with van der Waals surface area (Å²) in [4.78, 5) is 24.9. The van der Waals surface area contributed by atoms with E-state index in [-0.39, 0.29) is 13.0 Å². The Hall–Kier alpha value is -1.91. The van der Waals surface area contributed by atoms with Crippen molar-refractivity contribution in [2.75, 3.05) is 6.61 Å². The van der Waals surface area contributed by atoms with Crippen molar-refractivity contribution in [2.45, 2.75) is 51.2 Å². The van der Waals surface area contributed by atoms with Gasteiger partial charge in [0.1, 0.15) is 6.61 Å². The lowest BCUT2D eigenvalue weighted by Crippen LogP contribution is -2.44. The lowest BCUT2D eigenvalue weighted by atomic mass is 10.0. The second kappa shape index (κ2) is 7.92. The fraction of sp³-hybridized carbons (Fsp3) is 0.529. The van der Waals surface area contributed by atoms with Gasteiger partial charge in [-0.1, -0.05) is 56.5 Å². The number of benzene rings is 1. The molecule has 1 unspecified atom stereocenters. The van der Waals surface area contributed by atoms with Crippen LogP contribution in [0.5, 0.6) is 0 Å². The highest BCUT2D eigenvalue weighted by atomic mass is 19.1. The monoisotopic (exact) mass is 307 g/mol. The third-order valence-corrected chi connectivity index (χ3v) is 3.84. The molecule has 2 atom stereocenters. The summed E-state index contributed by atoms with van der Waals surface area (Å²) in [5.41, 5.74) is 0.991. The van der Waals surface area contributed by atoms with Gasteiger partial charge in [0, 0.05) is 0 Å². The molecule has 1 aliphatic heterocycles. The Labute approximate surface area is 130 Å². The second-order valence-electron chi connectivity index (χ2n) is 5.59. The van der Waals surface area contributed by atoms with Gasteiger partial charge in [-0.3, -0.25) is 4.79 Å². The number of hydrogen-bond donors (Lipinski definition) is 0. The summed E-state index contributed by atoms with van der Waals surface area (Å²) in [6.07, 6.45) is 0.776. The van der Waals surface area contributed by atoms with Crippen molar-refractivity contribution in [1.29, 1.82) is 0 Å². The summed E-state index contributed by atoms with van der Waals surface area (Å²) in [7, 11) is 0. The van der Waals surface area contributed by atoms with Crippen molar-refractivity contribution >= 4 is 12.0 Å². The second-order valence-corrected chi connectivity index (χ2v) is 5.59.